The highest BCUT2D eigenvalue weighted by Gasteiger charge is 2.49. The van der Waals surface area contributed by atoms with Crippen molar-refractivity contribution in [3.8, 4) is 0 Å². The molecule has 9 atom stereocenters. The average Bonchev–Trinajstić information content (AvgIpc) is 3.56. The Labute approximate surface area is 307 Å². The van der Waals surface area contributed by atoms with Crippen molar-refractivity contribution in [2.24, 2.45) is 35.3 Å². The lowest BCUT2D eigenvalue weighted by Gasteiger charge is -2.41. The molecule has 0 unspecified atom stereocenters. The topological polar surface area (TPSA) is 143 Å². The van der Waals surface area contributed by atoms with Crippen LogP contribution in [0.5, 0.6) is 0 Å². The maximum Gasteiger partial charge on any atom is 0.331 e. The number of methoxy groups -OCH3 is 2. The van der Waals surface area contributed by atoms with Crippen molar-refractivity contribution in [2.75, 3.05) is 48.5 Å². The van der Waals surface area contributed by atoms with Gasteiger partial charge >= 0.3 is 5.97 Å². The Morgan fingerprint density at radius 1 is 0.980 bits per heavy atom. The van der Waals surface area contributed by atoms with Crippen LogP contribution in [0.2, 0.25) is 0 Å². The lowest BCUT2D eigenvalue weighted by Crippen LogP contribution is -2.61. The quantitative estimate of drug-likeness (QED) is 0.166. The molecule has 1 aromatic rings. The number of likely N-dealkylation sites (N-methyl/N-ethyl adjacent to an activating group) is 2. The fourth-order valence-electron chi connectivity index (χ4n) is 8.30. The summed E-state index contributed by atoms with van der Waals surface area (Å²) < 4.78 is 12.0. The molecular formula is C40H68N4O7. The zero-order valence-corrected chi connectivity index (χ0v) is 33.4. The van der Waals surface area contributed by atoms with Gasteiger partial charge in [0.25, 0.3) is 0 Å². The molecule has 1 fully saturated rings. The third-order valence-corrected chi connectivity index (χ3v) is 11.3. The number of ketones is 2. The van der Waals surface area contributed by atoms with Gasteiger partial charge in [0, 0.05) is 51.6 Å². The highest BCUT2D eigenvalue weighted by Crippen LogP contribution is 2.32. The minimum absolute atomic E-state index is 0.113. The number of rotatable bonds is 22. The molecule has 1 aliphatic heterocycles. The number of likely N-dealkylation sites (tertiary alicyclic amines) is 1. The second-order valence-corrected chi connectivity index (χ2v) is 15.8. The van der Waals surface area contributed by atoms with Crippen LogP contribution >= 0.6 is 0 Å². The molecule has 1 amide bonds. The molecule has 3 N–H and O–H groups in total. The first-order valence-corrected chi connectivity index (χ1v) is 18.7. The van der Waals surface area contributed by atoms with Gasteiger partial charge in [-0.1, -0.05) is 85.2 Å². The van der Waals surface area contributed by atoms with E-state index in [-0.39, 0.29) is 60.3 Å². The van der Waals surface area contributed by atoms with Crippen LogP contribution in [0.1, 0.15) is 79.7 Å². The van der Waals surface area contributed by atoms with E-state index in [9.17, 15) is 24.3 Å². The molecule has 51 heavy (non-hydrogen) atoms. The summed E-state index contributed by atoms with van der Waals surface area (Å²) in [5.41, 5.74) is 4.86. The highest BCUT2D eigenvalue weighted by molar-refractivity contribution is 6.09. The maximum atomic E-state index is 14.2. The molecule has 1 heterocycles. The molecule has 11 nitrogen and oxygen atoms in total. The first-order chi connectivity index (χ1) is 23.9. The van der Waals surface area contributed by atoms with E-state index >= 15 is 0 Å². The summed E-state index contributed by atoms with van der Waals surface area (Å²) in [6, 6.07) is 8.09. The number of carboxylic acids is 1. The number of carboxylic acid groups (broad SMARTS) is 1. The van der Waals surface area contributed by atoms with E-state index in [1.807, 2.05) is 32.1 Å². The number of ether oxygens (including phenoxy) is 2. The van der Waals surface area contributed by atoms with Crippen molar-refractivity contribution in [1.29, 1.82) is 0 Å². The first kappa shape index (κ1) is 44.5. The van der Waals surface area contributed by atoms with E-state index in [4.69, 9.17) is 15.2 Å². The van der Waals surface area contributed by atoms with Gasteiger partial charge in [0.1, 0.15) is 0 Å². The van der Waals surface area contributed by atoms with Crippen molar-refractivity contribution in [3.05, 3.63) is 35.9 Å². The molecule has 0 bridgehead atoms. The Morgan fingerprint density at radius 3 is 2.06 bits per heavy atom. The summed E-state index contributed by atoms with van der Waals surface area (Å²) >= 11 is 0. The summed E-state index contributed by atoms with van der Waals surface area (Å²) in [6.07, 6.45) is 0.945. The Bertz CT molecular complexity index is 1270. The standard InChI is InChI=1S/C40H68N4O7/c1-13-27(6)35(43(10)24-30(25(2)3)36(46)34(26(4)5)42(8)9)32(50-11)22-33(45)44-21-17-20-31(44)37(51-12)28(7)38(47)40(41,39(48)49)23-29-18-15-14-16-19-29/h14-16,18-19,25-28,30-32,34-35,37H,13,17,20-24,41H2,1-12H3,(H,48,49)/t27-,28+,30+,31-,32+,34-,35-,37+,40-/m0/s1. The highest BCUT2D eigenvalue weighted by atomic mass is 16.5. The summed E-state index contributed by atoms with van der Waals surface area (Å²) in [5, 5.41) is 10.2. The van der Waals surface area contributed by atoms with Gasteiger partial charge in [0.2, 0.25) is 5.91 Å². The van der Waals surface area contributed by atoms with Gasteiger partial charge in [-0.15, -0.1) is 0 Å². The molecule has 1 aromatic carbocycles. The molecule has 1 saturated heterocycles. The molecule has 0 spiro atoms. The number of nitrogens with zero attached hydrogens (tertiary/aromatic N) is 3. The van der Waals surface area contributed by atoms with Crippen LogP contribution in [-0.4, -0.2) is 128 Å². The normalized spacial score (nSPS) is 20.6. The fraction of sp³-hybridized carbons (Fsp3) is 0.750. The second-order valence-electron chi connectivity index (χ2n) is 15.8. The van der Waals surface area contributed by atoms with Crippen LogP contribution in [0, 0.1) is 29.6 Å². The number of Topliss-reactive ketones (excluding diaryl/α,β-unsaturated/α-hetero) is 2. The van der Waals surface area contributed by atoms with E-state index in [1.54, 1.807) is 43.2 Å². The van der Waals surface area contributed by atoms with Crippen LogP contribution in [-0.2, 0) is 35.1 Å². The van der Waals surface area contributed by atoms with Crippen LogP contribution in [0.4, 0.5) is 0 Å². The zero-order chi connectivity index (χ0) is 38.8. The summed E-state index contributed by atoms with van der Waals surface area (Å²) in [4.78, 5) is 60.5. The van der Waals surface area contributed by atoms with Gasteiger partial charge in [-0.05, 0) is 57.3 Å². The number of carbonyl (C=O) groups is 4. The van der Waals surface area contributed by atoms with Crippen LogP contribution in [0.15, 0.2) is 30.3 Å². The van der Waals surface area contributed by atoms with Gasteiger partial charge in [-0.25, -0.2) is 4.79 Å². The van der Waals surface area contributed by atoms with E-state index in [0.29, 0.717) is 25.1 Å². The number of hydrogen-bond acceptors (Lipinski definition) is 9. The molecular weight excluding hydrogens is 648 g/mol. The second kappa shape index (κ2) is 19.9. The van der Waals surface area contributed by atoms with Crippen LogP contribution in [0.3, 0.4) is 0 Å². The van der Waals surface area contributed by atoms with Gasteiger partial charge in [0.15, 0.2) is 17.1 Å². The predicted molar refractivity (Wildman–Crippen MR) is 201 cm³/mol. The van der Waals surface area contributed by atoms with E-state index in [0.717, 1.165) is 12.8 Å². The number of amides is 1. The first-order valence-electron chi connectivity index (χ1n) is 18.7. The third-order valence-electron chi connectivity index (χ3n) is 11.3. The monoisotopic (exact) mass is 717 g/mol. The minimum atomic E-state index is -2.16. The molecule has 0 aromatic heterocycles. The number of aliphatic carboxylic acids is 1. The predicted octanol–water partition coefficient (Wildman–Crippen LogP) is 4.40. The van der Waals surface area contributed by atoms with Gasteiger partial charge in [0.05, 0.1) is 30.7 Å². The van der Waals surface area contributed by atoms with Crippen molar-refractivity contribution < 1.29 is 33.8 Å². The average molecular weight is 717 g/mol. The van der Waals surface area contributed by atoms with Crippen LogP contribution in [0.25, 0.3) is 0 Å². The number of nitrogens with two attached hydrogens (primary N) is 1. The zero-order valence-electron chi connectivity index (χ0n) is 33.4. The smallest absolute Gasteiger partial charge is 0.331 e. The SMILES string of the molecule is CC[C@H](C)[C@@H]([C@@H](CC(=O)N1CCC[C@H]1[C@H](OC)[C@@H](C)C(=O)[C@@](N)(Cc1ccccc1)C(=O)O)OC)N(C)C[C@@H](C(=O)[C@H](C(C)C)N(C)C)C(C)C. The van der Waals surface area contributed by atoms with E-state index in [1.165, 1.54) is 7.11 Å². The molecule has 0 radical (unpaired) electrons. The lowest BCUT2D eigenvalue weighted by molar-refractivity contribution is -0.153. The van der Waals surface area contributed by atoms with Crippen molar-refractivity contribution >= 4 is 23.4 Å². The van der Waals surface area contributed by atoms with Gasteiger partial charge in [-0.2, -0.15) is 0 Å². The van der Waals surface area contributed by atoms with Crippen molar-refractivity contribution in [2.45, 2.75) is 116 Å². The van der Waals surface area contributed by atoms with E-state index in [2.05, 4.69) is 46.4 Å². The number of carbonyl (C=O) groups excluding carboxylic acids is 3. The Hall–Kier alpha value is -2.70. The van der Waals surface area contributed by atoms with Gasteiger partial charge < -0.3 is 25.2 Å². The van der Waals surface area contributed by atoms with Crippen molar-refractivity contribution in [3.63, 3.8) is 0 Å². The Morgan fingerprint density at radius 2 is 1.59 bits per heavy atom. The van der Waals surface area contributed by atoms with Crippen molar-refractivity contribution in [1.82, 2.24) is 14.7 Å². The van der Waals surface area contributed by atoms with Crippen LogP contribution < -0.4 is 5.73 Å². The number of hydrogen-bond donors (Lipinski definition) is 2. The summed E-state index contributed by atoms with van der Waals surface area (Å²) in [5.74, 6) is -2.54. The third kappa shape index (κ3) is 10.9. The lowest BCUT2D eigenvalue weighted by atomic mass is 9.78. The van der Waals surface area contributed by atoms with E-state index < -0.39 is 41.5 Å². The minimum Gasteiger partial charge on any atom is -0.480 e. The molecule has 290 valence electrons. The summed E-state index contributed by atoms with van der Waals surface area (Å²) in [7, 11) is 9.06. The maximum absolute atomic E-state index is 14.2. The molecule has 2 rings (SSSR count). The van der Waals surface area contributed by atoms with Gasteiger partial charge in [-0.3, -0.25) is 24.2 Å². The Kier molecular flexibility index (Phi) is 17.4. The molecule has 0 saturated carbocycles. The molecule has 11 heteroatoms. The molecule has 1 aliphatic rings. The fourth-order valence-corrected chi connectivity index (χ4v) is 8.30. The summed E-state index contributed by atoms with van der Waals surface area (Å²) in [6.45, 7) is 15.3. The molecule has 0 aliphatic carbocycles. The number of benzene rings is 1. The Balaban J connectivity index is 2.33. The largest absolute Gasteiger partial charge is 0.480 e.